The van der Waals surface area contributed by atoms with Crippen molar-refractivity contribution < 1.29 is 0 Å². The quantitative estimate of drug-likeness (QED) is 0.825. The first-order valence-corrected chi connectivity index (χ1v) is 6.02. The van der Waals surface area contributed by atoms with Gasteiger partial charge in [-0.15, -0.1) is 0 Å². The molecule has 0 aromatic heterocycles. The van der Waals surface area contributed by atoms with Gasteiger partial charge in [0.1, 0.15) is 5.84 Å². The predicted molar refractivity (Wildman–Crippen MR) is 74.2 cm³/mol. The Balaban J connectivity index is 2.15. The molecule has 0 amide bonds. The molecule has 1 aromatic rings. The number of amidine groups is 1. The standard InChI is InChI=1S/C15H20N2/c1-14(2)15(3,4)17-13(16-14)11-10-12-8-6-5-7-9-12/h5-11H,1-4H3,(H,16,17). The molecule has 1 heterocycles. The Morgan fingerprint density at radius 2 is 1.65 bits per heavy atom. The largest absolute Gasteiger partial charge is 0.363 e. The molecule has 1 N–H and O–H groups in total. The molecule has 1 aliphatic rings. The molecule has 90 valence electrons. The third-order valence-electron chi connectivity index (χ3n) is 3.60. The molecule has 1 aliphatic heterocycles. The minimum absolute atomic E-state index is 0.00333. The van der Waals surface area contributed by atoms with Crippen molar-refractivity contribution in [1.29, 1.82) is 0 Å². The summed E-state index contributed by atoms with van der Waals surface area (Å²) >= 11 is 0. The molecule has 0 fully saturated rings. The lowest BCUT2D eigenvalue weighted by atomic mass is 9.85. The summed E-state index contributed by atoms with van der Waals surface area (Å²) in [5, 5.41) is 3.45. The monoisotopic (exact) mass is 228 g/mol. The SMILES string of the molecule is CC1(C)N=C(C=Cc2ccccc2)NC1(C)C. The molecular weight excluding hydrogens is 208 g/mol. The Morgan fingerprint density at radius 3 is 2.18 bits per heavy atom. The zero-order chi connectivity index (χ0) is 12.5. The maximum absolute atomic E-state index is 4.71. The summed E-state index contributed by atoms with van der Waals surface area (Å²) < 4.78 is 0. The van der Waals surface area contributed by atoms with E-state index in [9.17, 15) is 0 Å². The van der Waals surface area contributed by atoms with Crippen LogP contribution in [0.5, 0.6) is 0 Å². The van der Waals surface area contributed by atoms with E-state index in [1.165, 1.54) is 5.56 Å². The van der Waals surface area contributed by atoms with Gasteiger partial charge in [-0.1, -0.05) is 36.4 Å². The number of nitrogens with zero attached hydrogens (tertiary/aromatic N) is 1. The van der Waals surface area contributed by atoms with E-state index in [1.54, 1.807) is 0 Å². The van der Waals surface area contributed by atoms with Crippen molar-refractivity contribution in [2.45, 2.75) is 38.8 Å². The van der Waals surface area contributed by atoms with Gasteiger partial charge in [-0.05, 0) is 39.3 Å². The summed E-state index contributed by atoms with van der Waals surface area (Å²) in [6.07, 6.45) is 4.13. The van der Waals surface area contributed by atoms with Gasteiger partial charge in [0, 0.05) is 0 Å². The van der Waals surface area contributed by atoms with E-state index in [0.29, 0.717) is 0 Å². The van der Waals surface area contributed by atoms with Gasteiger partial charge in [-0.3, -0.25) is 4.99 Å². The summed E-state index contributed by atoms with van der Waals surface area (Å²) in [6.45, 7) is 8.67. The normalized spacial score (nSPS) is 21.3. The number of hydrogen-bond acceptors (Lipinski definition) is 2. The highest BCUT2D eigenvalue weighted by Gasteiger charge is 2.41. The van der Waals surface area contributed by atoms with Gasteiger partial charge in [-0.25, -0.2) is 0 Å². The maximum atomic E-state index is 4.71. The summed E-state index contributed by atoms with van der Waals surface area (Å²) in [4.78, 5) is 4.71. The molecule has 0 saturated heterocycles. The van der Waals surface area contributed by atoms with Crippen LogP contribution in [0.2, 0.25) is 0 Å². The first kappa shape index (κ1) is 11.9. The van der Waals surface area contributed by atoms with Crippen LogP contribution in [0.4, 0.5) is 0 Å². The predicted octanol–water partition coefficient (Wildman–Crippen LogP) is 3.26. The second-order valence-corrected chi connectivity index (χ2v) is 5.55. The molecular formula is C15H20N2. The summed E-state index contributed by atoms with van der Waals surface area (Å²) in [7, 11) is 0. The smallest absolute Gasteiger partial charge is 0.122 e. The summed E-state index contributed by atoms with van der Waals surface area (Å²) in [5.41, 5.74) is 1.13. The second kappa shape index (κ2) is 4.02. The molecule has 1 aromatic carbocycles. The van der Waals surface area contributed by atoms with E-state index >= 15 is 0 Å². The average molecular weight is 228 g/mol. The van der Waals surface area contributed by atoms with Crippen molar-refractivity contribution in [1.82, 2.24) is 5.32 Å². The highest BCUT2D eigenvalue weighted by Crippen LogP contribution is 2.30. The Labute approximate surface area is 103 Å². The van der Waals surface area contributed by atoms with Gasteiger partial charge < -0.3 is 5.32 Å². The van der Waals surface area contributed by atoms with Crippen LogP contribution in [0.25, 0.3) is 6.08 Å². The molecule has 2 nitrogen and oxygen atoms in total. The fraction of sp³-hybridized carbons (Fsp3) is 0.400. The third kappa shape index (κ3) is 2.41. The molecule has 0 spiro atoms. The van der Waals surface area contributed by atoms with Crippen molar-refractivity contribution in [2.75, 3.05) is 0 Å². The van der Waals surface area contributed by atoms with Crippen LogP contribution in [-0.2, 0) is 0 Å². The van der Waals surface area contributed by atoms with Crippen LogP contribution in [-0.4, -0.2) is 16.9 Å². The van der Waals surface area contributed by atoms with Gasteiger partial charge in [0.15, 0.2) is 0 Å². The Bertz CT molecular complexity index is 453. The lowest BCUT2D eigenvalue weighted by Gasteiger charge is -2.32. The molecule has 0 aliphatic carbocycles. The van der Waals surface area contributed by atoms with Crippen molar-refractivity contribution in [3.63, 3.8) is 0 Å². The number of benzene rings is 1. The van der Waals surface area contributed by atoms with Crippen molar-refractivity contribution >= 4 is 11.9 Å². The summed E-state index contributed by atoms with van der Waals surface area (Å²) in [5.74, 6) is 0.962. The van der Waals surface area contributed by atoms with E-state index in [1.807, 2.05) is 24.3 Å². The van der Waals surface area contributed by atoms with Crippen LogP contribution in [0.15, 0.2) is 41.4 Å². The van der Waals surface area contributed by atoms with Crippen molar-refractivity contribution in [2.24, 2.45) is 4.99 Å². The van der Waals surface area contributed by atoms with E-state index in [0.717, 1.165) is 5.84 Å². The van der Waals surface area contributed by atoms with E-state index in [2.05, 4.69) is 51.2 Å². The van der Waals surface area contributed by atoms with E-state index in [-0.39, 0.29) is 11.1 Å². The Kier molecular flexibility index (Phi) is 2.82. The topological polar surface area (TPSA) is 24.4 Å². The lowest BCUT2D eigenvalue weighted by molar-refractivity contribution is 0.310. The second-order valence-electron chi connectivity index (χ2n) is 5.55. The lowest BCUT2D eigenvalue weighted by Crippen LogP contribution is -2.49. The number of nitrogens with one attached hydrogen (secondary N) is 1. The van der Waals surface area contributed by atoms with E-state index < -0.39 is 0 Å². The maximum Gasteiger partial charge on any atom is 0.122 e. The number of aliphatic imine (C=N–C) groups is 1. The van der Waals surface area contributed by atoms with Gasteiger partial charge in [0.05, 0.1) is 11.1 Å². The molecule has 0 bridgehead atoms. The molecule has 2 rings (SSSR count). The highest BCUT2D eigenvalue weighted by atomic mass is 15.2. The number of hydrogen-bond donors (Lipinski definition) is 1. The summed E-state index contributed by atoms with van der Waals surface area (Å²) in [6, 6.07) is 10.3. The Morgan fingerprint density at radius 1 is 1.00 bits per heavy atom. The minimum atomic E-state index is -0.0661. The van der Waals surface area contributed by atoms with Crippen LogP contribution in [0.1, 0.15) is 33.3 Å². The minimum Gasteiger partial charge on any atom is -0.363 e. The zero-order valence-electron chi connectivity index (χ0n) is 11.0. The first-order chi connectivity index (χ1) is 7.91. The molecule has 0 unspecified atom stereocenters. The molecule has 2 heteroatoms. The first-order valence-electron chi connectivity index (χ1n) is 6.02. The Hall–Kier alpha value is -1.57. The molecule has 17 heavy (non-hydrogen) atoms. The van der Waals surface area contributed by atoms with Gasteiger partial charge in [0.25, 0.3) is 0 Å². The van der Waals surface area contributed by atoms with Gasteiger partial charge >= 0.3 is 0 Å². The van der Waals surface area contributed by atoms with Crippen LogP contribution in [0, 0.1) is 0 Å². The average Bonchev–Trinajstić information content (AvgIpc) is 2.46. The fourth-order valence-electron chi connectivity index (χ4n) is 1.76. The zero-order valence-corrected chi connectivity index (χ0v) is 11.0. The number of rotatable bonds is 2. The van der Waals surface area contributed by atoms with Crippen molar-refractivity contribution in [3.8, 4) is 0 Å². The van der Waals surface area contributed by atoms with Gasteiger partial charge in [0.2, 0.25) is 0 Å². The molecule has 0 radical (unpaired) electrons. The van der Waals surface area contributed by atoms with E-state index in [4.69, 9.17) is 4.99 Å². The van der Waals surface area contributed by atoms with Crippen LogP contribution in [0.3, 0.4) is 0 Å². The fourth-order valence-corrected chi connectivity index (χ4v) is 1.76. The van der Waals surface area contributed by atoms with Crippen LogP contribution >= 0.6 is 0 Å². The van der Waals surface area contributed by atoms with Crippen molar-refractivity contribution in [3.05, 3.63) is 42.0 Å². The third-order valence-corrected chi connectivity index (χ3v) is 3.60. The van der Waals surface area contributed by atoms with Crippen LogP contribution < -0.4 is 5.32 Å². The molecule has 0 atom stereocenters. The molecule has 0 saturated carbocycles. The van der Waals surface area contributed by atoms with Gasteiger partial charge in [-0.2, -0.15) is 0 Å². The highest BCUT2D eigenvalue weighted by molar-refractivity contribution is 5.98.